The van der Waals surface area contributed by atoms with Gasteiger partial charge in [0.2, 0.25) is 0 Å². The zero-order valence-electron chi connectivity index (χ0n) is 9.86. The van der Waals surface area contributed by atoms with E-state index in [2.05, 4.69) is 24.1 Å². The fourth-order valence-corrected chi connectivity index (χ4v) is 1.23. The van der Waals surface area contributed by atoms with E-state index in [1.165, 1.54) is 0 Å². The van der Waals surface area contributed by atoms with Gasteiger partial charge in [-0.05, 0) is 5.92 Å². The summed E-state index contributed by atoms with van der Waals surface area (Å²) in [5.41, 5.74) is 0. The monoisotopic (exact) mass is 211 g/mol. The normalized spacial score (nSPS) is 11.2. The number of hydrogen-bond acceptors (Lipinski definition) is 3. The first-order valence-electron chi connectivity index (χ1n) is 5.45. The van der Waals surface area contributed by atoms with E-state index in [4.69, 9.17) is 4.74 Å². The van der Waals surface area contributed by atoms with Crippen LogP contribution in [0.1, 0.15) is 19.7 Å². The molecule has 0 aliphatic carbocycles. The molecule has 1 heterocycles. The number of aryl methyl sites for hydroxylation is 1. The average molecular weight is 211 g/mol. The minimum Gasteiger partial charge on any atom is -0.380 e. The van der Waals surface area contributed by atoms with Crippen LogP contribution in [-0.2, 0) is 18.3 Å². The van der Waals surface area contributed by atoms with Crippen molar-refractivity contribution in [2.24, 2.45) is 13.0 Å². The molecule has 0 saturated carbocycles. The van der Waals surface area contributed by atoms with Gasteiger partial charge in [0, 0.05) is 32.6 Å². The van der Waals surface area contributed by atoms with Gasteiger partial charge in [0.25, 0.3) is 0 Å². The van der Waals surface area contributed by atoms with E-state index in [0.717, 1.165) is 32.1 Å². The summed E-state index contributed by atoms with van der Waals surface area (Å²) in [7, 11) is 2.00. The van der Waals surface area contributed by atoms with Gasteiger partial charge in [-0.2, -0.15) is 0 Å². The largest absolute Gasteiger partial charge is 0.380 e. The first kappa shape index (κ1) is 12.2. The van der Waals surface area contributed by atoms with Gasteiger partial charge in [0.05, 0.1) is 13.2 Å². The number of aromatic nitrogens is 2. The molecule has 4 heteroatoms. The van der Waals surface area contributed by atoms with Crippen molar-refractivity contribution in [1.82, 2.24) is 14.9 Å². The van der Waals surface area contributed by atoms with Crippen LogP contribution in [0.15, 0.2) is 12.4 Å². The Bertz CT molecular complexity index is 271. The van der Waals surface area contributed by atoms with Crippen LogP contribution in [-0.4, -0.2) is 29.3 Å². The molecule has 0 spiro atoms. The summed E-state index contributed by atoms with van der Waals surface area (Å²) < 4.78 is 7.47. The molecular weight excluding hydrogens is 190 g/mol. The Labute approximate surface area is 91.7 Å². The third-order valence-electron chi connectivity index (χ3n) is 2.08. The summed E-state index contributed by atoms with van der Waals surface area (Å²) in [5.74, 6) is 1.67. The van der Waals surface area contributed by atoms with Crippen molar-refractivity contribution in [2.75, 3.05) is 19.8 Å². The van der Waals surface area contributed by atoms with Crippen molar-refractivity contribution in [2.45, 2.75) is 20.4 Å². The maximum Gasteiger partial charge on any atom is 0.122 e. The number of imidazole rings is 1. The molecule has 1 rings (SSSR count). The highest BCUT2D eigenvalue weighted by Gasteiger charge is 1.97. The minimum atomic E-state index is 0.611. The number of nitrogens with one attached hydrogen (secondary N) is 1. The Morgan fingerprint density at radius 3 is 2.93 bits per heavy atom. The maximum atomic E-state index is 5.46. The Balaban J connectivity index is 2.00. The number of ether oxygens (including phenoxy) is 1. The first-order valence-corrected chi connectivity index (χ1v) is 5.45. The molecule has 0 fully saturated rings. The first-order chi connectivity index (χ1) is 7.20. The van der Waals surface area contributed by atoms with Crippen molar-refractivity contribution in [1.29, 1.82) is 0 Å². The molecule has 1 aromatic heterocycles. The summed E-state index contributed by atoms with van der Waals surface area (Å²) in [6.07, 6.45) is 3.76. The second-order valence-corrected chi connectivity index (χ2v) is 4.10. The second-order valence-electron chi connectivity index (χ2n) is 4.10. The van der Waals surface area contributed by atoms with Gasteiger partial charge >= 0.3 is 0 Å². The zero-order chi connectivity index (χ0) is 11.1. The molecule has 0 bridgehead atoms. The highest BCUT2D eigenvalue weighted by atomic mass is 16.5. The summed E-state index contributed by atoms with van der Waals surface area (Å²) in [6.45, 7) is 7.59. The highest BCUT2D eigenvalue weighted by molar-refractivity contribution is 4.90. The molecule has 15 heavy (non-hydrogen) atoms. The average Bonchev–Trinajstić information content (AvgIpc) is 2.57. The molecule has 0 aromatic carbocycles. The molecule has 86 valence electrons. The van der Waals surface area contributed by atoms with Gasteiger partial charge in [-0.25, -0.2) is 4.98 Å². The van der Waals surface area contributed by atoms with Crippen LogP contribution >= 0.6 is 0 Å². The van der Waals surface area contributed by atoms with Crippen LogP contribution in [0.4, 0.5) is 0 Å². The zero-order valence-corrected chi connectivity index (χ0v) is 9.86. The van der Waals surface area contributed by atoms with Crippen LogP contribution in [0.25, 0.3) is 0 Å². The molecule has 0 saturated heterocycles. The molecular formula is C11H21N3O. The summed E-state index contributed by atoms with van der Waals surface area (Å²) in [5, 5.41) is 3.29. The molecule has 0 radical (unpaired) electrons. The van der Waals surface area contributed by atoms with Gasteiger partial charge < -0.3 is 14.6 Å². The summed E-state index contributed by atoms with van der Waals surface area (Å²) >= 11 is 0. The van der Waals surface area contributed by atoms with Crippen LogP contribution in [0.2, 0.25) is 0 Å². The lowest BCUT2D eigenvalue weighted by Gasteiger charge is -2.07. The molecule has 0 amide bonds. The molecule has 0 aliphatic heterocycles. The third-order valence-corrected chi connectivity index (χ3v) is 2.08. The second kappa shape index (κ2) is 6.58. The molecule has 1 aromatic rings. The SMILES string of the molecule is CC(C)COCCNCc1nccn1C. The highest BCUT2D eigenvalue weighted by Crippen LogP contribution is 1.93. The lowest BCUT2D eigenvalue weighted by atomic mass is 10.2. The summed E-state index contributed by atoms with van der Waals surface area (Å²) in [6, 6.07) is 0. The number of hydrogen-bond donors (Lipinski definition) is 1. The van der Waals surface area contributed by atoms with E-state index in [1.807, 2.05) is 24.0 Å². The minimum absolute atomic E-state index is 0.611. The van der Waals surface area contributed by atoms with Gasteiger partial charge in [0.1, 0.15) is 5.82 Å². The lowest BCUT2D eigenvalue weighted by molar-refractivity contribution is 0.111. The fraction of sp³-hybridized carbons (Fsp3) is 0.727. The van der Waals surface area contributed by atoms with E-state index in [9.17, 15) is 0 Å². The van der Waals surface area contributed by atoms with E-state index in [1.54, 1.807) is 0 Å². The van der Waals surface area contributed by atoms with Crippen LogP contribution < -0.4 is 5.32 Å². The molecule has 0 atom stereocenters. The van der Waals surface area contributed by atoms with Crippen LogP contribution in [0.5, 0.6) is 0 Å². The van der Waals surface area contributed by atoms with Crippen molar-refractivity contribution >= 4 is 0 Å². The summed E-state index contributed by atoms with van der Waals surface area (Å²) in [4.78, 5) is 4.22. The Morgan fingerprint density at radius 1 is 1.53 bits per heavy atom. The Morgan fingerprint density at radius 2 is 2.33 bits per heavy atom. The standard InChI is InChI=1S/C11H21N3O/c1-10(2)9-15-7-5-12-8-11-13-4-6-14(11)3/h4,6,10,12H,5,7-9H2,1-3H3. The lowest BCUT2D eigenvalue weighted by Crippen LogP contribution is -2.21. The van der Waals surface area contributed by atoms with Crippen LogP contribution in [0, 0.1) is 5.92 Å². The maximum absolute atomic E-state index is 5.46. The van der Waals surface area contributed by atoms with Crippen molar-refractivity contribution in [3.05, 3.63) is 18.2 Å². The number of rotatable bonds is 7. The topological polar surface area (TPSA) is 39.1 Å². The third kappa shape index (κ3) is 4.95. The van der Waals surface area contributed by atoms with Gasteiger partial charge in [-0.3, -0.25) is 0 Å². The quantitative estimate of drug-likeness (QED) is 0.688. The van der Waals surface area contributed by atoms with Crippen LogP contribution in [0.3, 0.4) is 0 Å². The fourth-order valence-electron chi connectivity index (χ4n) is 1.23. The molecule has 0 aliphatic rings. The number of nitrogens with zero attached hydrogens (tertiary/aromatic N) is 2. The van der Waals surface area contributed by atoms with Gasteiger partial charge in [-0.1, -0.05) is 13.8 Å². The van der Waals surface area contributed by atoms with Gasteiger partial charge in [-0.15, -0.1) is 0 Å². The molecule has 1 N–H and O–H groups in total. The van der Waals surface area contributed by atoms with E-state index in [0.29, 0.717) is 5.92 Å². The van der Waals surface area contributed by atoms with E-state index in [-0.39, 0.29) is 0 Å². The smallest absolute Gasteiger partial charge is 0.122 e. The van der Waals surface area contributed by atoms with Crippen molar-refractivity contribution < 1.29 is 4.74 Å². The molecule has 4 nitrogen and oxygen atoms in total. The Kier molecular flexibility index (Phi) is 5.36. The van der Waals surface area contributed by atoms with E-state index >= 15 is 0 Å². The molecule has 0 unspecified atom stereocenters. The predicted molar refractivity (Wildman–Crippen MR) is 60.6 cm³/mol. The Hall–Kier alpha value is -0.870. The predicted octanol–water partition coefficient (Wildman–Crippen LogP) is 1.18. The van der Waals surface area contributed by atoms with E-state index < -0.39 is 0 Å². The van der Waals surface area contributed by atoms with Crippen molar-refractivity contribution in [3.8, 4) is 0 Å². The van der Waals surface area contributed by atoms with Crippen molar-refractivity contribution in [3.63, 3.8) is 0 Å². The van der Waals surface area contributed by atoms with Gasteiger partial charge in [0.15, 0.2) is 0 Å².